The summed E-state index contributed by atoms with van der Waals surface area (Å²) in [6.07, 6.45) is 1.03. The fourth-order valence-electron chi connectivity index (χ4n) is 4.31. The minimum absolute atomic E-state index is 0.0409. The number of thioether (sulfide) groups is 1. The Morgan fingerprint density at radius 3 is 2.52 bits per heavy atom. The number of hydrogen-bond acceptors (Lipinski definition) is 7. The molecule has 1 aliphatic rings. The normalized spacial score (nSPS) is 13.2. The van der Waals surface area contributed by atoms with Gasteiger partial charge in [-0.15, -0.1) is 23.1 Å². The van der Waals surface area contributed by atoms with E-state index in [4.69, 9.17) is 4.74 Å². The van der Waals surface area contributed by atoms with E-state index in [0.717, 1.165) is 15.3 Å². The predicted octanol–water partition coefficient (Wildman–Crippen LogP) is 5.73. The lowest BCUT2D eigenvalue weighted by Gasteiger charge is -2.25. The van der Waals surface area contributed by atoms with Crippen LogP contribution >= 0.6 is 23.1 Å². The second-order valence-electron chi connectivity index (χ2n) is 9.11. The number of halogens is 1. The van der Waals surface area contributed by atoms with Crippen molar-refractivity contribution in [1.82, 2.24) is 4.90 Å². The molecular weight excluding hydrogens is 553 g/mol. The van der Waals surface area contributed by atoms with Crippen molar-refractivity contribution in [3.05, 3.63) is 75.9 Å². The summed E-state index contributed by atoms with van der Waals surface area (Å²) in [7, 11) is 0. The molecule has 0 aliphatic carbocycles. The van der Waals surface area contributed by atoms with E-state index >= 15 is 0 Å². The van der Waals surface area contributed by atoms with Crippen LogP contribution in [0.3, 0.4) is 0 Å². The lowest BCUT2D eigenvalue weighted by atomic mass is 10.0. The van der Waals surface area contributed by atoms with Gasteiger partial charge in [-0.2, -0.15) is 0 Å². The number of ether oxygens (including phenoxy) is 1. The number of fused-ring (bicyclic) bond motifs is 1. The second kappa shape index (κ2) is 13.1. The molecule has 0 bridgehead atoms. The van der Waals surface area contributed by atoms with Crippen LogP contribution in [0.2, 0.25) is 0 Å². The van der Waals surface area contributed by atoms with Gasteiger partial charge in [0.25, 0.3) is 5.91 Å². The number of carbonyl (C=O) groups is 4. The quantitative estimate of drug-likeness (QED) is 0.246. The Kier molecular flexibility index (Phi) is 9.59. The van der Waals surface area contributed by atoms with E-state index < -0.39 is 17.0 Å². The number of rotatable bonds is 9. The molecule has 0 saturated carbocycles. The smallest absolute Gasteiger partial charge is 0.341 e. The summed E-state index contributed by atoms with van der Waals surface area (Å²) in [6.45, 7) is 6.23. The third-order valence-corrected chi connectivity index (χ3v) is 8.85. The van der Waals surface area contributed by atoms with Crippen LogP contribution < -0.4 is 10.6 Å². The number of nitrogens with one attached hydrogen (secondary N) is 2. The monoisotopic (exact) mass is 583 g/mol. The Bertz CT molecular complexity index is 1420. The molecular formula is C29H30FN3O5S2. The number of carbonyl (C=O) groups excluding carboxylic acids is 4. The highest BCUT2D eigenvalue weighted by atomic mass is 32.2. The van der Waals surface area contributed by atoms with E-state index in [1.165, 1.54) is 54.3 Å². The van der Waals surface area contributed by atoms with Gasteiger partial charge in [0.05, 0.1) is 24.0 Å². The molecule has 2 aromatic carbocycles. The van der Waals surface area contributed by atoms with Gasteiger partial charge >= 0.3 is 5.97 Å². The Balaban J connectivity index is 1.49. The number of amides is 3. The summed E-state index contributed by atoms with van der Waals surface area (Å²) in [6, 6.07) is 12.4. The molecule has 4 rings (SSSR count). The topological polar surface area (TPSA) is 105 Å². The largest absolute Gasteiger partial charge is 0.462 e. The maximum Gasteiger partial charge on any atom is 0.341 e. The van der Waals surface area contributed by atoms with Crippen LogP contribution in [0.15, 0.2) is 53.4 Å². The second-order valence-corrected chi connectivity index (χ2v) is 11.5. The molecule has 40 heavy (non-hydrogen) atoms. The fraction of sp³-hybridized carbons (Fsp3) is 0.310. The minimum atomic E-state index is -0.489. The van der Waals surface area contributed by atoms with E-state index in [9.17, 15) is 23.6 Å². The first-order valence-corrected chi connectivity index (χ1v) is 14.6. The van der Waals surface area contributed by atoms with Gasteiger partial charge in [0, 0.05) is 34.5 Å². The van der Waals surface area contributed by atoms with Gasteiger partial charge in [0.15, 0.2) is 0 Å². The molecule has 2 heterocycles. The first-order chi connectivity index (χ1) is 19.2. The summed E-state index contributed by atoms with van der Waals surface area (Å²) in [5.41, 5.74) is 2.05. The number of nitrogens with zero attached hydrogens (tertiary/aromatic N) is 1. The van der Waals surface area contributed by atoms with Gasteiger partial charge in [-0.3, -0.25) is 14.4 Å². The summed E-state index contributed by atoms with van der Waals surface area (Å²) >= 11 is 2.64. The van der Waals surface area contributed by atoms with Crippen molar-refractivity contribution in [2.24, 2.45) is 0 Å². The Hall–Kier alpha value is -3.70. The maximum atomic E-state index is 13.4. The molecule has 0 spiro atoms. The van der Waals surface area contributed by atoms with Crippen LogP contribution in [0.25, 0.3) is 0 Å². The van der Waals surface area contributed by atoms with E-state index in [0.29, 0.717) is 47.7 Å². The molecule has 8 nitrogen and oxygen atoms in total. The van der Waals surface area contributed by atoms with Crippen LogP contribution in [-0.4, -0.2) is 47.0 Å². The maximum absolute atomic E-state index is 13.4. The molecule has 3 aromatic rings. The molecule has 2 N–H and O–H groups in total. The Morgan fingerprint density at radius 2 is 1.85 bits per heavy atom. The van der Waals surface area contributed by atoms with Gasteiger partial charge in [-0.05, 0) is 67.8 Å². The third kappa shape index (κ3) is 6.89. The van der Waals surface area contributed by atoms with Crippen LogP contribution in [0, 0.1) is 5.82 Å². The standard InChI is InChI=1S/C29H30FN3O5S2/c1-4-23(39-21-8-6-7-20(15-21)31-26(35)18-9-11-19(30)12-10-18)27(36)32-28-25(29(37)38-5-2)22-13-14-33(17(3)34)16-24(22)40-28/h6-12,15,23H,4-5,13-14,16H2,1-3H3,(H,31,35)(H,32,36). The summed E-state index contributed by atoms with van der Waals surface area (Å²) < 4.78 is 18.5. The number of anilines is 2. The molecule has 210 valence electrons. The summed E-state index contributed by atoms with van der Waals surface area (Å²) in [4.78, 5) is 54.1. The van der Waals surface area contributed by atoms with Crippen molar-refractivity contribution in [3.63, 3.8) is 0 Å². The molecule has 11 heteroatoms. The first kappa shape index (κ1) is 29.3. The number of esters is 1. The lowest BCUT2D eigenvalue weighted by molar-refractivity contribution is -0.129. The molecule has 1 atom stereocenters. The molecule has 3 amide bonds. The van der Waals surface area contributed by atoms with Gasteiger partial charge in [0.2, 0.25) is 11.8 Å². The van der Waals surface area contributed by atoms with Crippen molar-refractivity contribution in [1.29, 1.82) is 0 Å². The molecule has 0 saturated heterocycles. The third-order valence-electron chi connectivity index (χ3n) is 6.36. The van der Waals surface area contributed by atoms with Crippen molar-refractivity contribution < 1.29 is 28.3 Å². The van der Waals surface area contributed by atoms with Crippen LogP contribution in [0.4, 0.5) is 15.1 Å². The number of thiophene rings is 1. The van der Waals surface area contributed by atoms with Crippen molar-refractivity contribution >= 4 is 57.5 Å². The zero-order chi connectivity index (χ0) is 28.8. The number of benzene rings is 2. The Morgan fingerprint density at radius 1 is 1.10 bits per heavy atom. The van der Waals surface area contributed by atoms with Gasteiger partial charge in [0.1, 0.15) is 10.8 Å². The molecule has 0 fully saturated rings. The fourth-order valence-corrected chi connectivity index (χ4v) is 6.58. The van der Waals surface area contributed by atoms with E-state index in [1.54, 1.807) is 30.0 Å². The van der Waals surface area contributed by atoms with E-state index in [-0.39, 0.29) is 24.3 Å². The minimum Gasteiger partial charge on any atom is -0.462 e. The van der Waals surface area contributed by atoms with Crippen LogP contribution in [0.1, 0.15) is 58.3 Å². The molecule has 0 radical (unpaired) electrons. The lowest BCUT2D eigenvalue weighted by Crippen LogP contribution is -2.34. The number of hydrogen-bond donors (Lipinski definition) is 2. The van der Waals surface area contributed by atoms with Gasteiger partial charge < -0.3 is 20.3 Å². The van der Waals surface area contributed by atoms with Crippen molar-refractivity contribution in [2.45, 2.75) is 50.3 Å². The summed E-state index contributed by atoms with van der Waals surface area (Å²) in [5.74, 6) is -1.59. The zero-order valence-electron chi connectivity index (χ0n) is 22.4. The summed E-state index contributed by atoms with van der Waals surface area (Å²) in [5, 5.41) is 5.69. The predicted molar refractivity (Wildman–Crippen MR) is 154 cm³/mol. The van der Waals surface area contributed by atoms with Gasteiger partial charge in [-0.25, -0.2) is 9.18 Å². The highest BCUT2D eigenvalue weighted by molar-refractivity contribution is 8.00. The van der Waals surface area contributed by atoms with E-state index in [1.807, 2.05) is 13.0 Å². The Labute approximate surface area is 240 Å². The molecule has 1 aliphatic heterocycles. The highest BCUT2D eigenvalue weighted by Gasteiger charge is 2.31. The van der Waals surface area contributed by atoms with Crippen LogP contribution in [0.5, 0.6) is 0 Å². The van der Waals surface area contributed by atoms with E-state index in [2.05, 4.69) is 10.6 Å². The van der Waals surface area contributed by atoms with Crippen molar-refractivity contribution in [2.75, 3.05) is 23.8 Å². The van der Waals surface area contributed by atoms with Gasteiger partial charge in [-0.1, -0.05) is 13.0 Å². The molecule has 1 unspecified atom stereocenters. The average Bonchev–Trinajstić information content (AvgIpc) is 3.29. The highest BCUT2D eigenvalue weighted by Crippen LogP contribution is 2.38. The average molecular weight is 584 g/mol. The zero-order valence-corrected chi connectivity index (χ0v) is 24.0. The molecule has 1 aromatic heterocycles. The SMILES string of the molecule is CCOC(=O)c1c(NC(=O)C(CC)Sc2cccc(NC(=O)c3ccc(F)cc3)c2)sc2c1CCN(C(C)=O)C2. The van der Waals surface area contributed by atoms with Crippen LogP contribution in [-0.2, 0) is 27.3 Å². The first-order valence-electron chi connectivity index (χ1n) is 12.9. The van der Waals surface area contributed by atoms with Crippen molar-refractivity contribution in [3.8, 4) is 0 Å².